The molecule has 1 aliphatic rings. The molecule has 1 N–H and O–H groups in total. The highest BCUT2D eigenvalue weighted by molar-refractivity contribution is 5.55. The van der Waals surface area contributed by atoms with Gasteiger partial charge in [0.2, 0.25) is 0 Å². The predicted octanol–water partition coefficient (Wildman–Crippen LogP) is 4.50. The maximum atomic E-state index is 13.3. The van der Waals surface area contributed by atoms with E-state index in [4.69, 9.17) is 0 Å². The van der Waals surface area contributed by atoms with Crippen LogP contribution in [0.1, 0.15) is 30.4 Å². The highest BCUT2D eigenvalue weighted by atomic mass is 19.2. The van der Waals surface area contributed by atoms with Crippen LogP contribution in [0.2, 0.25) is 0 Å². The van der Waals surface area contributed by atoms with Crippen LogP contribution in [-0.4, -0.2) is 6.04 Å². The summed E-state index contributed by atoms with van der Waals surface area (Å²) < 4.78 is 26.3. The third kappa shape index (κ3) is 2.53. The zero-order valence-electron chi connectivity index (χ0n) is 11.4. The fourth-order valence-electron chi connectivity index (χ4n) is 3.01. The van der Waals surface area contributed by atoms with Crippen molar-refractivity contribution in [2.75, 3.05) is 5.32 Å². The number of nitrogens with one attached hydrogen (secondary N) is 1. The quantitative estimate of drug-likeness (QED) is 0.849. The van der Waals surface area contributed by atoms with Crippen LogP contribution in [0.3, 0.4) is 0 Å². The van der Waals surface area contributed by atoms with E-state index in [2.05, 4.69) is 24.4 Å². The summed E-state index contributed by atoms with van der Waals surface area (Å²) in [5, 5.41) is 3.46. The van der Waals surface area contributed by atoms with E-state index in [9.17, 15) is 8.78 Å². The van der Waals surface area contributed by atoms with E-state index in [-0.39, 0.29) is 0 Å². The molecule has 0 spiro atoms. The Morgan fingerprint density at radius 3 is 2.70 bits per heavy atom. The van der Waals surface area contributed by atoms with Crippen molar-refractivity contribution >= 4 is 5.69 Å². The van der Waals surface area contributed by atoms with Gasteiger partial charge in [0.1, 0.15) is 0 Å². The van der Waals surface area contributed by atoms with Crippen molar-refractivity contribution in [2.24, 2.45) is 0 Å². The maximum absolute atomic E-state index is 13.3. The molecule has 2 aromatic rings. The first-order valence-corrected chi connectivity index (χ1v) is 6.93. The lowest BCUT2D eigenvalue weighted by atomic mass is 9.83. The predicted molar refractivity (Wildman–Crippen MR) is 76.9 cm³/mol. The molecule has 1 nitrogen and oxygen atoms in total. The van der Waals surface area contributed by atoms with Crippen LogP contribution in [0.5, 0.6) is 0 Å². The van der Waals surface area contributed by atoms with Crippen molar-refractivity contribution in [2.45, 2.75) is 31.7 Å². The van der Waals surface area contributed by atoms with Crippen LogP contribution in [-0.2, 0) is 6.42 Å². The normalized spacial score (nSPS) is 21.1. The lowest BCUT2D eigenvalue weighted by Gasteiger charge is -2.31. The van der Waals surface area contributed by atoms with E-state index in [1.54, 1.807) is 6.07 Å². The van der Waals surface area contributed by atoms with Gasteiger partial charge in [-0.3, -0.25) is 0 Å². The van der Waals surface area contributed by atoms with E-state index in [0.717, 1.165) is 24.1 Å². The molecule has 20 heavy (non-hydrogen) atoms. The molecule has 2 aromatic carbocycles. The molecule has 0 aliphatic carbocycles. The fraction of sp³-hybridized carbons (Fsp3) is 0.294. The molecule has 0 bridgehead atoms. The molecule has 3 heteroatoms. The summed E-state index contributed by atoms with van der Waals surface area (Å²) in [4.78, 5) is 0. The maximum Gasteiger partial charge on any atom is 0.159 e. The second kappa shape index (κ2) is 5.23. The molecule has 2 atom stereocenters. The van der Waals surface area contributed by atoms with E-state index >= 15 is 0 Å². The van der Waals surface area contributed by atoms with Crippen molar-refractivity contribution in [3.63, 3.8) is 0 Å². The molecule has 0 aromatic heterocycles. The fourth-order valence-corrected chi connectivity index (χ4v) is 3.01. The number of hydrogen-bond donors (Lipinski definition) is 1. The summed E-state index contributed by atoms with van der Waals surface area (Å²) in [5.74, 6) is -1.21. The van der Waals surface area contributed by atoms with Gasteiger partial charge in [-0.25, -0.2) is 8.78 Å². The van der Waals surface area contributed by atoms with E-state index < -0.39 is 11.6 Å². The van der Waals surface area contributed by atoms with Crippen molar-refractivity contribution in [3.05, 3.63) is 65.2 Å². The molecule has 0 saturated heterocycles. The van der Waals surface area contributed by atoms with Gasteiger partial charge in [-0.05, 0) is 55.0 Å². The zero-order valence-corrected chi connectivity index (χ0v) is 11.4. The van der Waals surface area contributed by atoms with Gasteiger partial charge in [0.15, 0.2) is 11.6 Å². The lowest BCUT2D eigenvalue weighted by molar-refractivity contribution is 0.503. The molecule has 0 saturated carbocycles. The first kappa shape index (κ1) is 13.1. The number of rotatable bonds is 2. The van der Waals surface area contributed by atoms with Gasteiger partial charge < -0.3 is 5.32 Å². The summed E-state index contributed by atoms with van der Waals surface area (Å²) in [5.41, 5.74) is 3.26. The van der Waals surface area contributed by atoms with Gasteiger partial charge >= 0.3 is 0 Å². The van der Waals surface area contributed by atoms with Crippen LogP contribution in [0, 0.1) is 11.6 Å². The molecule has 0 radical (unpaired) electrons. The Balaban J connectivity index is 1.89. The van der Waals surface area contributed by atoms with Crippen molar-refractivity contribution in [1.29, 1.82) is 0 Å². The lowest BCUT2D eigenvalue weighted by Crippen LogP contribution is -2.26. The highest BCUT2D eigenvalue weighted by Gasteiger charge is 2.24. The first-order valence-electron chi connectivity index (χ1n) is 6.93. The standard InChI is InChI=1S/C17H17F2N/c1-11-8-13(14-4-2-3-5-17(14)20-11)9-12-6-7-15(18)16(19)10-12/h2-7,10-11,13,20H,8-9H2,1H3. The Labute approximate surface area is 117 Å². The SMILES string of the molecule is CC1CC(Cc2ccc(F)c(F)c2)c2ccccc2N1. The van der Waals surface area contributed by atoms with Gasteiger partial charge in [-0.2, -0.15) is 0 Å². The van der Waals surface area contributed by atoms with Gasteiger partial charge in [0, 0.05) is 11.7 Å². The van der Waals surface area contributed by atoms with Crippen LogP contribution in [0.15, 0.2) is 42.5 Å². The zero-order chi connectivity index (χ0) is 14.1. The summed E-state index contributed by atoms with van der Waals surface area (Å²) >= 11 is 0. The Morgan fingerprint density at radius 1 is 1.10 bits per heavy atom. The summed E-state index contributed by atoms with van der Waals surface area (Å²) in [6.07, 6.45) is 1.73. The molecular formula is C17H17F2N. The highest BCUT2D eigenvalue weighted by Crippen LogP contribution is 2.36. The summed E-state index contributed by atoms with van der Waals surface area (Å²) in [6.45, 7) is 2.15. The molecule has 1 heterocycles. The summed E-state index contributed by atoms with van der Waals surface area (Å²) in [7, 11) is 0. The van der Waals surface area contributed by atoms with Crippen molar-refractivity contribution in [3.8, 4) is 0 Å². The van der Waals surface area contributed by atoms with Gasteiger partial charge in [0.05, 0.1) is 0 Å². The molecular weight excluding hydrogens is 256 g/mol. The largest absolute Gasteiger partial charge is 0.382 e. The second-order valence-electron chi connectivity index (χ2n) is 5.52. The minimum absolute atomic E-state index is 0.340. The number of anilines is 1. The molecule has 104 valence electrons. The molecule has 1 aliphatic heterocycles. The topological polar surface area (TPSA) is 12.0 Å². The third-order valence-electron chi connectivity index (χ3n) is 3.91. The molecule has 3 rings (SSSR count). The van der Waals surface area contributed by atoms with Crippen molar-refractivity contribution < 1.29 is 8.78 Å². The van der Waals surface area contributed by atoms with Crippen LogP contribution in [0.4, 0.5) is 14.5 Å². The van der Waals surface area contributed by atoms with E-state index in [1.165, 1.54) is 17.7 Å². The smallest absolute Gasteiger partial charge is 0.159 e. The monoisotopic (exact) mass is 273 g/mol. The number of para-hydroxylation sites is 1. The molecule has 2 unspecified atom stereocenters. The minimum atomic E-state index is -0.784. The first-order chi connectivity index (χ1) is 9.63. The number of halogens is 2. The van der Waals surface area contributed by atoms with Crippen molar-refractivity contribution in [1.82, 2.24) is 0 Å². The minimum Gasteiger partial charge on any atom is -0.382 e. The Morgan fingerprint density at radius 2 is 1.90 bits per heavy atom. The Hall–Kier alpha value is -1.90. The van der Waals surface area contributed by atoms with Gasteiger partial charge in [0.25, 0.3) is 0 Å². The van der Waals surface area contributed by atoms with Gasteiger partial charge in [-0.1, -0.05) is 24.3 Å². The van der Waals surface area contributed by atoms with E-state index in [0.29, 0.717) is 12.0 Å². The van der Waals surface area contributed by atoms with Crippen LogP contribution in [0.25, 0.3) is 0 Å². The Kier molecular flexibility index (Phi) is 3.43. The van der Waals surface area contributed by atoms with Crippen LogP contribution < -0.4 is 5.32 Å². The van der Waals surface area contributed by atoms with E-state index in [1.807, 2.05) is 12.1 Å². The van der Waals surface area contributed by atoms with Gasteiger partial charge in [-0.15, -0.1) is 0 Å². The number of hydrogen-bond acceptors (Lipinski definition) is 1. The number of benzene rings is 2. The Bertz CT molecular complexity index is 624. The third-order valence-corrected chi connectivity index (χ3v) is 3.91. The molecule has 0 amide bonds. The van der Waals surface area contributed by atoms with Crippen LogP contribution >= 0.6 is 0 Å². The average molecular weight is 273 g/mol. The molecule has 0 fully saturated rings. The summed E-state index contributed by atoms with van der Waals surface area (Å²) in [6, 6.07) is 12.8. The average Bonchev–Trinajstić information content (AvgIpc) is 2.43. The second-order valence-corrected chi connectivity index (χ2v) is 5.52. The number of fused-ring (bicyclic) bond motifs is 1.